The Morgan fingerprint density at radius 2 is 1.73 bits per heavy atom. The summed E-state index contributed by atoms with van der Waals surface area (Å²) in [6.07, 6.45) is 9.35. The Labute approximate surface area is 156 Å². The molecule has 5 nitrogen and oxygen atoms in total. The summed E-state index contributed by atoms with van der Waals surface area (Å²) in [7, 11) is 1.68. The summed E-state index contributed by atoms with van der Waals surface area (Å²) in [5, 5.41) is 0. The number of hydrogen-bond acceptors (Lipinski definition) is 5. The van der Waals surface area contributed by atoms with Crippen LogP contribution in [0.2, 0.25) is 0 Å². The van der Waals surface area contributed by atoms with Crippen LogP contribution in [0.5, 0.6) is 5.75 Å². The van der Waals surface area contributed by atoms with Crippen molar-refractivity contribution >= 4 is 0 Å². The lowest BCUT2D eigenvalue weighted by atomic mass is 10.0. The van der Waals surface area contributed by atoms with E-state index >= 15 is 0 Å². The fourth-order valence-electron chi connectivity index (χ4n) is 4.16. The Kier molecular flexibility index (Phi) is 5.46. The number of hydrogen-bond donors (Lipinski definition) is 0. The van der Waals surface area contributed by atoms with Gasteiger partial charge in [-0.1, -0.05) is 0 Å². The number of rotatable bonds is 5. The molecule has 26 heavy (non-hydrogen) atoms. The highest BCUT2D eigenvalue weighted by molar-refractivity contribution is 5.55. The Bertz CT molecular complexity index is 695. The summed E-state index contributed by atoms with van der Waals surface area (Å²) in [6, 6.07) is 8.63. The summed E-state index contributed by atoms with van der Waals surface area (Å²) in [5.74, 6) is 1.62. The van der Waals surface area contributed by atoms with Crippen molar-refractivity contribution in [2.24, 2.45) is 0 Å². The smallest absolute Gasteiger partial charge is 0.159 e. The lowest BCUT2D eigenvalue weighted by Crippen LogP contribution is -2.46. The van der Waals surface area contributed by atoms with Crippen molar-refractivity contribution in [2.75, 3.05) is 33.3 Å². The van der Waals surface area contributed by atoms with Crippen molar-refractivity contribution < 1.29 is 4.74 Å². The van der Waals surface area contributed by atoms with Gasteiger partial charge in [-0.05, 0) is 69.6 Å². The molecule has 1 unspecified atom stereocenters. The van der Waals surface area contributed by atoms with Crippen LogP contribution in [0.1, 0.15) is 31.2 Å². The highest BCUT2D eigenvalue weighted by atomic mass is 16.5. The van der Waals surface area contributed by atoms with Crippen molar-refractivity contribution in [3.63, 3.8) is 0 Å². The molecule has 2 fully saturated rings. The molecule has 2 aliphatic heterocycles. The van der Waals surface area contributed by atoms with E-state index in [-0.39, 0.29) is 0 Å². The monoisotopic (exact) mass is 352 g/mol. The molecule has 0 N–H and O–H groups in total. The van der Waals surface area contributed by atoms with E-state index in [4.69, 9.17) is 4.74 Å². The normalized spacial score (nSPS) is 21.8. The van der Waals surface area contributed by atoms with Crippen molar-refractivity contribution in [3.05, 3.63) is 42.2 Å². The highest BCUT2D eigenvalue weighted by Crippen LogP contribution is 2.22. The van der Waals surface area contributed by atoms with Crippen LogP contribution in [-0.2, 0) is 6.54 Å². The standard InChI is InChI=1S/C21H28N4O/c1-26-20-8-6-18(7-9-20)21-22-13-17(14-23-21)15-24-10-4-5-19(16-24)25-11-2-3-12-25/h6-9,13-14,19H,2-5,10-12,15-16H2,1H3. The average Bonchev–Trinajstić information content (AvgIpc) is 3.24. The summed E-state index contributed by atoms with van der Waals surface area (Å²) >= 11 is 0. The van der Waals surface area contributed by atoms with Crippen LogP contribution in [0, 0.1) is 0 Å². The number of benzene rings is 1. The summed E-state index contributed by atoms with van der Waals surface area (Å²) in [5.41, 5.74) is 2.22. The zero-order valence-corrected chi connectivity index (χ0v) is 15.6. The molecule has 4 rings (SSSR count). The first-order valence-electron chi connectivity index (χ1n) is 9.73. The molecule has 0 bridgehead atoms. The molecule has 1 aromatic heterocycles. The van der Waals surface area contributed by atoms with E-state index < -0.39 is 0 Å². The highest BCUT2D eigenvalue weighted by Gasteiger charge is 2.27. The van der Waals surface area contributed by atoms with E-state index in [2.05, 4.69) is 19.8 Å². The van der Waals surface area contributed by atoms with E-state index in [1.807, 2.05) is 36.7 Å². The van der Waals surface area contributed by atoms with Crippen LogP contribution in [0.3, 0.4) is 0 Å². The second kappa shape index (κ2) is 8.14. The summed E-state index contributed by atoms with van der Waals surface area (Å²) in [6.45, 7) is 5.90. The van der Waals surface area contributed by atoms with Gasteiger partial charge in [-0.2, -0.15) is 0 Å². The topological polar surface area (TPSA) is 41.5 Å². The number of piperidine rings is 1. The van der Waals surface area contributed by atoms with Crippen LogP contribution in [0.4, 0.5) is 0 Å². The molecule has 0 aliphatic carbocycles. The Hall–Kier alpha value is -1.98. The van der Waals surface area contributed by atoms with Crippen LogP contribution in [0.25, 0.3) is 11.4 Å². The molecule has 0 radical (unpaired) electrons. The third-order valence-corrected chi connectivity index (χ3v) is 5.60. The minimum atomic E-state index is 0.741. The lowest BCUT2D eigenvalue weighted by molar-refractivity contribution is 0.110. The minimum absolute atomic E-state index is 0.741. The largest absolute Gasteiger partial charge is 0.497 e. The SMILES string of the molecule is COc1ccc(-c2ncc(CN3CCCC(N4CCCC4)C3)cn2)cc1. The number of ether oxygens (including phenoxy) is 1. The van der Waals surface area contributed by atoms with Crippen molar-refractivity contribution in [3.8, 4) is 17.1 Å². The Balaban J connectivity index is 1.37. The zero-order valence-electron chi connectivity index (χ0n) is 15.6. The van der Waals surface area contributed by atoms with E-state index in [0.29, 0.717) is 0 Å². The first-order chi connectivity index (χ1) is 12.8. The van der Waals surface area contributed by atoms with Gasteiger partial charge in [-0.25, -0.2) is 9.97 Å². The fraction of sp³-hybridized carbons (Fsp3) is 0.524. The molecular formula is C21H28N4O. The number of methoxy groups -OCH3 is 1. The maximum Gasteiger partial charge on any atom is 0.159 e. The lowest BCUT2D eigenvalue weighted by Gasteiger charge is -2.37. The second-order valence-electron chi connectivity index (χ2n) is 7.42. The van der Waals surface area contributed by atoms with Gasteiger partial charge in [0, 0.05) is 42.7 Å². The van der Waals surface area contributed by atoms with Gasteiger partial charge >= 0.3 is 0 Å². The predicted molar refractivity (Wildman–Crippen MR) is 103 cm³/mol. The number of nitrogens with zero attached hydrogens (tertiary/aromatic N) is 4. The molecule has 0 saturated carbocycles. The minimum Gasteiger partial charge on any atom is -0.497 e. The molecule has 138 valence electrons. The van der Waals surface area contributed by atoms with Gasteiger partial charge in [0.1, 0.15) is 5.75 Å². The van der Waals surface area contributed by atoms with E-state index in [1.54, 1.807) is 7.11 Å². The van der Waals surface area contributed by atoms with Gasteiger partial charge < -0.3 is 4.74 Å². The third-order valence-electron chi connectivity index (χ3n) is 5.60. The average molecular weight is 352 g/mol. The number of aromatic nitrogens is 2. The molecule has 1 aromatic carbocycles. The number of likely N-dealkylation sites (tertiary alicyclic amines) is 2. The van der Waals surface area contributed by atoms with Gasteiger partial charge in [0.05, 0.1) is 7.11 Å². The second-order valence-corrected chi connectivity index (χ2v) is 7.42. The Morgan fingerprint density at radius 1 is 1.00 bits per heavy atom. The van der Waals surface area contributed by atoms with E-state index in [1.165, 1.54) is 57.4 Å². The first-order valence-corrected chi connectivity index (χ1v) is 9.73. The molecule has 3 heterocycles. The van der Waals surface area contributed by atoms with Crippen molar-refractivity contribution in [2.45, 2.75) is 38.3 Å². The molecule has 0 amide bonds. The van der Waals surface area contributed by atoms with Crippen LogP contribution < -0.4 is 4.74 Å². The maximum absolute atomic E-state index is 5.20. The molecule has 2 aromatic rings. The van der Waals surface area contributed by atoms with Crippen LogP contribution in [0.15, 0.2) is 36.7 Å². The quantitative estimate of drug-likeness (QED) is 0.826. The van der Waals surface area contributed by atoms with Crippen molar-refractivity contribution in [1.29, 1.82) is 0 Å². The molecular weight excluding hydrogens is 324 g/mol. The first kappa shape index (κ1) is 17.4. The third kappa shape index (κ3) is 4.05. The van der Waals surface area contributed by atoms with Gasteiger partial charge in [0.15, 0.2) is 5.82 Å². The summed E-state index contributed by atoms with van der Waals surface area (Å²) < 4.78 is 5.20. The Morgan fingerprint density at radius 3 is 2.42 bits per heavy atom. The van der Waals surface area contributed by atoms with Crippen molar-refractivity contribution in [1.82, 2.24) is 19.8 Å². The fourth-order valence-corrected chi connectivity index (χ4v) is 4.16. The predicted octanol–water partition coefficient (Wildman–Crippen LogP) is 3.21. The molecule has 0 spiro atoms. The summed E-state index contributed by atoms with van der Waals surface area (Å²) in [4.78, 5) is 14.4. The van der Waals surface area contributed by atoms with Crippen LogP contribution in [-0.4, -0.2) is 59.1 Å². The van der Waals surface area contributed by atoms with Gasteiger partial charge in [0.25, 0.3) is 0 Å². The molecule has 2 aliphatic rings. The van der Waals surface area contributed by atoms with Gasteiger partial charge in [-0.3, -0.25) is 9.80 Å². The molecule has 5 heteroatoms. The zero-order chi connectivity index (χ0) is 17.8. The van der Waals surface area contributed by atoms with E-state index in [9.17, 15) is 0 Å². The molecule has 1 atom stereocenters. The van der Waals surface area contributed by atoms with Gasteiger partial charge in [-0.15, -0.1) is 0 Å². The maximum atomic E-state index is 5.20. The molecule has 2 saturated heterocycles. The van der Waals surface area contributed by atoms with Crippen LogP contribution >= 0.6 is 0 Å². The van der Waals surface area contributed by atoms with E-state index in [0.717, 1.165) is 29.7 Å². The van der Waals surface area contributed by atoms with Gasteiger partial charge in [0.2, 0.25) is 0 Å².